The minimum absolute atomic E-state index is 0.494. The highest BCUT2D eigenvalue weighted by Crippen LogP contribution is 2.32. The summed E-state index contributed by atoms with van der Waals surface area (Å²) >= 11 is 0. The van der Waals surface area contributed by atoms with Crippen molar-refractivity contribution in [1.82, 2.24) is 9.88 Å². The third kappa shape index (κ3) is 4.65. The molecule has 0 radical (unpaired) electrons. The molecule has 1 aliphatic rings. The molecular formula is C21H28N2O. The van der Waals surface area contributed by atoms with Crippen LogP contribution in [0.4, 0.5) is 0 Å². The third-order valence-corrected chi connectivity index (χ3v) is 4.87. The molecule has 3 nitrogen and oxygen atoms in total. The van der Waals surface area contributed by atoms with E-state index in [1.807, 2.05) is 32.3 Å². The molecule has 1 fully saturated rings. The van der Waals surface area contributed by atoms with Crippen LogP contribution in [0.2, 0.25) is 0 Å². The Bertz CT molecular complexity index is 631. The number of aliphatic hydroxyl groups is 1. The fraction of sp³-hybridized carbons (Fsp3) is 0.476. The number of rotatable bonds is 6. The van der Waals surface area contributed by atoms with E-state index in [0.717, 1.165) is 25.9 Å². The predicted molar refractivity (Wildman–Crippen MR) is 97.7 cm³/mol. The summed E-state index contributed by atoms with van der Waals surface area (Å²) in [7, 11) is 0. The maximum Gasteiger partial charge on any atom is 0.0594 e. The van der Waals surface area contributed by atoms with Crippen LogP contribution in [0.5, 0.6) is 0 Å². The van der Waals surface area contributed by atoms with E-state index in [-0.39, 0.29) is 0 Å². The van der Waals surface area contributed by atoms with E-state index in [0.29, 0.717) is 6.04 Å². The molecule has 24 heavy (non-hydrogen) atoms. The van der Waals surface area contributed by atoms with Crippen LogP contribution in [-0.4, -0.2) is 27.1 Å². The maximum absolute atomic E-state index is 9.85. The highest BCUT2D eigenvalue weighted by Gasteiger charge is 2.25. The SMILES string of the molecule is CC(C)(O)CCc1ccc(CN2CCC[C@@H]2c2cccnc2)cc1. The van der Waals surface area contributed by atoms with Crippen molar-refractivity contribution < 1.29 is 5.11 Å². The highest BCUT2D eigenvalue weighted by atomic mass is 16.3. The number of aromatic nitrogens is 1. The van der Waals surface area contributed by atoms with E-state index >= 15 is 0 Å². The fourth-order valence-electron chi connectivity index (χ4n) is 3.46. The molecule has 0 aliphatic carbocycles. The Morgan fingerprint density at radius 2 is 1.92 bits per heavy atom. The summed E-state index contributed by atoms with van der Waals surface area (Å²) in [6.45, 7) is 5.88. The lowest BCUT2D eigenvalue weighted by Crippen LogP contribution is -2.22. The van der Waals surface area contributed by atoms with E-state index in [9.17, 15) is 5.11 Å². The van der Waals surface area contributed by atoms with E-state index in [1.165, 1.54) is 29.5 Å². The van der Waals surface area contributed by atoms with Gasteiger partial charge in [0.1, 0.15) is 0 Å². The first-order valence-corrected chi connectivity index (χ1v) is 8.95. The Labute approximate surface area is 145 Å². The number of nitrogens with zero attached hydrogens (tertiary/aromatic N) is 2. The molecule has 2 heterocycles. The Morgan fingerprint density at radius 3 is 2.58 bits per heavy atom. The second-order valence-corrected chi connectivity index (χ2v) is 7.54. The van der Waals surface area contributed by atoms with Crippen LogP contribution in [0, 0.1) is 0 Å². The number of benzene rings is 1. The van der Waals surface area contributed by atoms with Crippen LogP contribution in [-0.2, 0) is 13.0 Å². The molecule has 1 aromatic carbocycles. The van der Waals surface area contributed by atoms with E-state index in [1.54, 1.807) is 0 Å². The summed E-state index contributed by atoms with van der Waals surface area (Å²) in [4.78, 5) is 6.83. The zero-order valence-electron chi connectivity index (χ0n) is 14.8. The molecule has 0 bridgehead atoms. The van der Waals surface area contributed by atoms with Crippen molar-refractivity contribution in [3.8, 4) is 0 Å². The largest absolute Gasteiger partial charge is 0.390 e. The van der Waals surface area contributed by atoms with Gasteiger partial charge in [0.05, 0.1) is 5.60 Å². The Balaban J connectivity index is 1.61. The lowest BCUT2D eigenvalue weighted by Gasteiger charge is -2.24. The van der Waals surface area contributed by atoms with Gasteiger partial charge in [-0.2, -0.15) is 0 Å². The average molecular weight is 324 g/mol. The van der Waals surface area contributed by atoms with Gasteiger partial charge in [-0.25, -0.2) is 0 Å². The van der Waals surface area contributed by atoms with Gasteiger partial charge < -0.3 is 5.11 Å². The average Bonchev–Trinajstić information content (AvgIpc) is 3.02. The first-order chi connectivity index (χ1) is 11.5. The molecule has 1 saturated heterocycles. The van der Waals surface area contributed by atoms with E-state index < -0.39 is 5.60 Å². The minimum Gasteiger partial charge on any atom is -0.390 e. The number of aryl methyl sites for hydroxylation is 1. The van der Waals surface area contributed by atoms with Gasteiger partial charge >= 0.3 is 0 Å². The van der Waals surface area contributed by atoms with Crippen LogP contribution in [0.15, 0.2) is 48.8 Å². The summed E-state index contributed by atoms with van der Waals surface area (Å²) < 4.78 is 0. The molecule has 0 unspecified atom stereocenters. The minimum atomic E-state index is -0.592. The summed E-state index contributed by atoms with van der Waals surface area (Å²) in [6, 6.07) is 13.6. The number of hydrogen-bond acceptors (Lipinski definition) is 3. The van der Waals surface area contributed by atoms with Crippen molar-refractivity contribution in [2.24, 2.45) is 0 Å². The molecule has 3 rings (SSSR count). The normalized spacial score (nSPS) is 18.9. The molecule has 1 aromatic heterocycles. The predicted octanol–water partition coefficient (Wildman–Crippen LogP) is 4.12. The lowest BCUT2D eigenvalue weighted by molar-refractivity contribution is 0.0714. The standard InChI is InChI=1S/C21H28N2O/c1-21(2,24)12-11-17-7-9-18(10-8-17)16-23-14-4-6-20(23)19-5-3-13-22-15-19/h3,5,7-10,13,15,20,24H,4,6,11-12,14,16H2,1-2H3/t20-/m1/s1. The molecular weight excluding hydrogens is 296 g/mol. The highest BCUT2D eigenvalue weighted by molar-refractivity contribution is 5.24. The van der Waals surface area contributed by atoms with Gasteiger partial charge in [0.25, 0.3) is 0 Å². The van der Waals surface area contributed by atoms with Gasteiger partial charge in [0, 0.05) is 25.0 Å². The monoisotopic (exact) mass is 324 g/mol. The van der Waals surface area contributed by atoms with Crippen molar-refractivity contribution >= 4 is 0 Å². The van der Waals surface area contributed by atoms with Gasteiger partial charge in [0.2, 0.25) is 0 Å². The third-order valence-electron chi connectivity index (χ3n) is 4.87. The van der Waals surface area contributed by atoms with Crippen molar-refractivity contribution in [2.75, 3.05) is 6.54 Å². The van der Waals surface area contributed by atoms with E-state index in [4.69, 9.17) is 0 Å². The first kappa shape index (κ1) is 17.1. The van der Waals surface area contributed by atoms with Crippen LogP contribution >= 0.6 is 0 Å². The van der Waals surface area contributed by atoms with Crippen molar-refractivity contribution in [1.29, 1.82) is 0 Å². The summed E-state index contributed by atoms with van der Waals surface area (Å²) in [6.07, 6.45) is 8.03. The van der Waals surface area contributed by atoms with Crippen molar-refractivity contribution in [3.05, 3.63) is 65.5 Å². The molecule has 128 valence electrons. The van der Waals surface area contributed by atoms with Gasteiger partial charge in [-0.05, 0) is 68.8 Å². The van der Waals surface area contributed by atoms with Crippen LogP contribution in [0.25, 0.3) is 0 Å². The molecule has 0 spiro atoms. The van der Waals surface area contributed by atoms with Crippen molar-refractivity contribution in [2.45, 2.75) is 57.7 Å². The molecule has 1 N–H and O–H groups in total. The molecule has 0 amide bonds. The first-order valence-electron chi connectivity index (χ1n) is 8.95. The van der Waals surface area contributed by atoms with Crippen molar-refractivity contribution in [3.63, 3.8) is 0 Å². The summed E-state index contributed by atoms with van der Waals surface area (Å²) in [5.41, 5.74) is 3.39. The molecule has 0 saturated carbocycles. The van der Waals surface area contributed by atoms with Gasteiger partial charge in [-0.1, -0.05) is 30.3 Å². The Morgan fingerprint density at radius 1 is 1.17 bits per heavy atom. The molecule has 1 atom stereocenters. The maximum atomic E-state index is 9.85. The fourth-order valence-corrected chi connectivity index (χ4v) is 3.46. The molecule has 1 aliphatic heterocycles. The number of hydrogen-bond donors (Lipinski definition) is 1. The Kier molecular flexibility index (Phi) is 5.32. The number of pyridine rings is 1. The quantitative estimate of drug-likeness (QED) is 0.868. The zero-order valence-corrected chi connectivity index (χ0v) is 14.8. The Hall–Kier alpha value is -1.71. The van der Waals surface area contributed by atoms with Crippen LogP contribution in [0.1, 0.15) is 55.8 Å². The molecule has 3 heteroatoms. The zero-order chi connectivity index (χ0) is 17.0. The van der Waals surface area contributed by atoms with E-state index in [2.05, 4.69) is 40.2 Å². The topological polar surface area (TPSA) is 36.4 Å². The summed E-state index contributed by atoms with van der Waals surface area (Å²) in [5, 5.41) is 9.85. The van der Waals surface area contributed by atoms with Gasteiger partial charge in [-0.3, -0.25) is 9.88 Å². The van der Waals surface area contributed by atoms with Crippen LogP contribution < -0.4 is 0 Å². The number of likely N-dealkylation sites (tertiary alicyclic amines) is 1. The summed E-state index contributed by atoms with van der Waals surface area (Å²) in [5.74, 6) is 0. The second-order valence-electron chi connectivity index (χ2n) is 7.54. The van der Waals surface area contributed by atoms with Gasteiger partial charge in [-0.15, -0.1) is 0 Å². The smallest absolute Gasteiger partial charge is 0.0594 e. The lowest BCUT2D eigenvalue weighted by atomic mass is 9.98. The van der Waals surface area contributed by atoms with Gasteiger partial charge in [0.15, 0.2) is 0 Å². The second kappa shape index (κ2) is 7.45. The van der Waals surface area contributed by atoms with Crippen LogP contribution in [0.3, 0.4) is 0 Å². The molecule has 2 aromatic rings.